The first-order chi connectivity index (χ1) is 9.16. The number of ether oxygens (including phenoxy) is 1. The van der Waals surface area contributed by atoms with E-state index < -0.39 is 0 Å². The number of hydrogen-bond acceptors (Lipinski definition) is 2. The number of benzene rings is 2. The molecule has 0 spiro atoms. The molecule has 0 unspecified atom stereocenters. The molecule has 0 atom stereocenters. The Balaban J connectivity index is 0.00000115. The zero-order chi connectivity index (χ0) is 14.3. The zero-order valence-corrected chi connectivity index (χ0v) is 15.0. The smallest absolute Gasteiger partial charge is 0.124 e. The Morgan fingerprint density at radius 1 is 1.15 bits per heavy atom. The van der Waals surface area contributed by atoms with Crippen molar-refractivity contribution in [1.82, 2.24) is 0 Å². The second-order valence-electron chi connectivity index (χ2n) is 4.51. The molecule has 101 valence electrons. The summed E-state index contributed by atoms with van der Waals surface area (Å²) < 4.78 is 5.74. The zero-order valence-electron chi connectivity index (χ0n) is 12.1. The van der Waals surface area contributed by atoms with Crippen molar-refractivity contribution in [2.24, 2.45) is 0 Å². The quantitative estimate of drug-likeness (QED) is 0.748. The van der Waals surface area contributed by atoms with E-state index in [1.165, 1.54) is 11.1 Å². The normalized spacial score (nSPS) is 9.10. The van der Waals surface area contributed by atoms with Gasteiger partial charge in [0.1, 0.15) is 5.75 Å². The fourth-order valence-corrected chi connectivity index (χ4v) is 1.88. The summed E-state index contributed by atoms with van der Waals surface area (Å²) in [4.78, 5) is 0. The van der Waals surface area contributed by atoms with Gasteiger partial charge in [0.25, 0.3) is 0 Å². The van der Waals surface area contributed by atoms with Gasteiger partial charge in [0.2, 0.25) is 0 Å². The van der Waals surface area contributed by atoms with Crippen molar-refractivity contribution in [2.45, 2.75) is 26.7 Å². The van der Waals surface area contributed by atoms with Gasteiger partial charge >= 0.3 is 0 Å². The van der Waals surface area contributed by atoms with Gasteiger partial charge in [-0.25, -0.2) is 5.26 Å². The molecule has 0 aromatic heterocycles. The number of para-hydroxylation sites is 1. The predicted octanol–water partition coefficient (Wildman–Crippen LogP) is 4.85. The summed E-state index contributed by atoms with van der Waals surface area (Å²) in [6.45, 7) is 9.99. The van der Waals surface area contributed by atoms with Crippen molar-refractivity contribution >= 4 is 0 Å². The van der Waals surface area contributed by atoms with Gasteiger partial charge in [-0.1, -0.05) is 44.9 Å². The molecular weight excluding hydrogens is 323 g/mol. The van der Waals surface area contributed by atoms with Gasteiger partial charge in [-0.2, -0.15) is 17.2 Å². The second-order valence-corrected chi connectivity index (χ2v) is 4.51. The first kappa shape index (κ1) is 18.8. The summed E-state index contributed by atoms with van der Waals surface area (Å²) in [5.74, 6) is 2.15. The van der Waals surface area contributed by atoms with Crippen molar-refractivity contribution < 1.29 is 37.4 Å². The Hall–Kier alpha value is -1.17. The monoisotopic (exact) mass is 341 g/mol. The number of rotatable bonds is 3. The Kier molecular flexibility index (Phi) is 9.13. The summed E-state index contributed by atoms with van der Waals surface area (Å²) in [5, 5.41) is 6.50. The molecule has 0 saturated heterocycles. The van der Waals surface area contributed by atoms with E-state index >= 15 is 0 Å². The van der Waals surface area contributed by atoms with Gasteiger partial charge in [-0.15, -0.1) is 12.1 Å². The summed E-state index contributed by atoms with van der Waals surface area (Å²) >= 11 is 0. The summed E-state index contributed by atoms with van der Waals surface area (Å²) in [6.07, 6.45) is 0. The summed E-state index contributed by atoms with van der Waals surface area (Å²) in [6, 6.07) is 17.0. The molecule has 2 aromatic rings. The molecule has 0 bridgehead atoms. The maximum Gasteiger partial charge on any atom is 0.124 e. The Bertz CT molecular complexity index is 535. The fourth-order valence-electron chi connectivity index (χ4n) is 1.88. The van der Waals surface area contributed by atoms with Crippen molar-refractivity contribution in [3.63, 3.8) is 0 Å². The molecule has 0 aliphatic heterocycles. The standard InChI is InChI=1S/C16H17O.CHN.Y/c1-12(2)16-10-9-15(11-13(16)3)17-14-7-5-4-6-8-14;1-2;/h4-8,10-12H,1-3H3;1H;/q-1;;. The van der Waals surface area contributed by atoms with Crippen LogP contribution in [0.15, 0.2) is 42.5 Å². The van der Waals surface area contributed by atoms with Crippen LogP contribution in [0.5, 0.6) is 11.5 Å². The summed E-state index contributed by atoms with van der Waals surface area (Å²) in [5.41, 5.74) is 2.58. The molecule has 0 fully saturated rings. The first-order valence-electron chi connectivity index (χ1n) is 6.18. The van der Waals surface area contributed by atoms with Crippen molar-refractivity contribution in [3.8, 4) is 18.1 Å². The van der Waals surface area contributed by atoms with Gasteiger partial charge in [0, 0.05) is 45.0 Å². The van der Waals surface area contributed by atoms with Crippen LogP contribution in [0.3, 0.4) is 0 Å². The topological polar surface area (TPSA) is 33.0 Å². The van der Waals surface area contributed by atoms with Crippen LogP contribution >= 0.6 is 0 Å². The average Bonchev–Trinajstić information content (AvgIpc) is 2.42. The minimum atomic E-state index is 0. The molecule has 0 aliphatic carbocycles. The second kappa shape index (κ2) is 9.69. The van der Waals surface area contributed by atoms with Gasteiger partial charge in [0.15, 0.2) is 0 Å². The van der Waals surface area contributed by atoms with Crippen LogP contribution in [0.25, 0.3) is 0 Å². The minimum Gasteiger partial charge on any atom is -0.483 e. The van der Waals surface area contributed by atoms with Crippen LogP contribution < -0.4 is 4.74 Å². The predicted molar refractivity (Wildman–Crippen MR) is 77.3 cm³/mol. The average molecular weight is 341 g/mol. The van der Waals surface area contributed by atoms with E-state index in [0.29, 0.717) is 5.92 Å². The minimum absolute atomic E-state index is 0. The molecule has 0 saturated carbocycles. The first-order valence-corrected chi connectivity index (χ1v) is 6.18. The van der Waals surface area contributed by atoms with Crippen LogP contribution in [-0.4, -0.2) is 0 Å². The van der Waals surface area contributed by atoms with E-state index in [4.69, 9.17) is 10.00 Å². The van der Waals surface area contributed by atoms with Crippen LogP contribution in [-0.2, 0) is 32.7 Å². The summed E-state index contributed by atoms with van der Waals surface area (Å²) in [7, 11) is 0. The molecule has 0 aliphatic rings. The van der Waals surface area contributed by atoms with Gasteiger partial charge < -0.3 is 4.74 Å². The van der Waals surface area contributed by atoms with E-state index in [1.807, 2.05) is 42.5 Å². The van der Waals surface area contributed by atoms with Crippen LogP contribution in [0, 0.1) is 24.8 Å². The van der Waals surface area contributed by atoms with Gasteiger partial charge in [0.05, 0.1) is 0 Å². The van der Waals surface area contributed by atoms with E-state index in [-0.39, 0.29) is 32.7 Å². The third kappa shape index (κ3) is 5.45. The maximum absolute atomic E-state index is 6.50. The van der Waals surface area contributed by atoms with Gasteiger partial charge in [-0.3, -0.25) is 0 Å². The van der Waals surface area contributed by atoms with E-state index in [9.17, 15) is 0 Å². The molecule has 1 radical (unpaired) electrons. The van der Waals surface area contributed by atoms with Crippen molar-refractivity contribution in [3.05, 3.63) is 59.7 Å². The molecule has 2 aromatic carbocycles. The molecule has 0 heterocycles. The van der Waals surface area contributed by atoms with E-state index in [1.54, 1.807) is 0 Å². The largest absolute Gasteiger partial charge is 0.483 e. The molecule has 2 nitrogen and oxygen atoms in total. The molecular formula is C17H18NOY-. The van der Waals surface area contributed by atoms with Crippen LogP contribution in [0.4, 0.5) is 0 Å². The van der Waals surface area contributed by atoms with Gasteiger partial charge in [-0.05, 0) is 12.1 Å². The number of nitriles is 1. The van der Waals surface area contributed by atoms with E-state index in [2.05, 4.69) is 33.4 Å². The Labute approximate surface area is 146 Å². The SMILES string of the molecule is C#N.Cc1cc(Oc2ccccc2)[c-]cc1C(C)C.[Y]. The van der Waals surface area contributed by atoms with Crippen molar-refractivity contribution in [2.75, 3.05) is 0 Å². The third-order valence-electron chi connectivity index (χ3n) is 2.77. The van der Waals surface area contributed by atoms with Crippen molar-refractivity contribution in [1.29, 1.82) is 5.26 Å². The Morgan fingerprint density at radius 2 is 1.75 bits per heavy atom. The number of hydrogen-bond donors (Lipinski definition) is 0. The molecule has 0 amide bonds. The van der Waals surface area contributed by atoms with E-state index in [0.717, 1.165) is 11.5 Å². The fraction of sp³-hybridized carbons (Fsp3) is 0.235. The third-order valence-corrected chi connectivity index (χ3v) is 2.77. The molecule has 2 rings (SSSR count). The Morgan fingerprint density at radius 3 is 2.25 bits per heavy atom. The number of nitrogens with zero attached hydrogens (tertiary/aromatic N) is 1. The molecule has 3 heteroatoms. The van der Waals surface area contributed by atoms with Crippen LogP contribution in [0.2, 0.25) is 0 Å². The maximum atomic E-state index is 6.50. The number of aryl methyl sites for hydroxylation is 1. The van der Waals surface area contributed by atoms with Crippen LogP contribution in [0.1, 0.15) is 30.9 Å². The molecule has 20 heavy (non-hydrogen) atoms. The molecule has 0 N–H and O–H groups in total.